The molecule has 8 heavy (non-hydrogen) atoms. The molecule has 0 aliphatic heterocycles. The SMILES string of the molecule is C/C=C(N)\C(S)=C/C. The molecule has 0 aromatic carbocycles. The van der Waals surface area contributed by atoms with E-state index < -0.39 is 0 Å². The Balaban J connectivity index is 4.04. The first-order valence-corrected chi connectivity index (χ1v) is 2.94. The molecule has 2 N–H and O–H groups in total. The molecule has 0 amide bonds. The molecule has 0 spiro atoms. The fraction of sp³-hybridized carbons (Fsp3) is 0.333. The summed E-state index contributed by atoms with van der Waals surface area (Å²) in [6.45, 7) is 3.79. The van der Waals surface area contributed by atoms with Crippen molar-refractivity contribution in [2.45, 2.75) is 13.8 Å². The molecule has 0 saturated heterocycles. The Morgan fingerprint density at radius 3 is 2.00 bits per heavy atom. The Morgan fingerprint density at radius 2 is 1.88 bits per heavy atom. The van der Waals surface area contributed by atoms with E-state index in [-0.39, 0.29) is 0 Å². The second-order valence-corrected chi connectivity index (χ2v) is 1.90. The van der Waals surface area contributed by atoms with Gasteiger partial charge in [-0.2, -0.15) is 0 Å². The van der Waals surface area contributed by atoms with Crippen molar-refractivity contribution in [1.29, 1.82) is 0 Å². The highest BCUT2D eigenvalue weighted by molar-refractivity contribution is 7.84. The molecular formula is C6H11NS. The van der Waals surface area contributed by atoms with E-state index >= 15 is 0 Å². The number of nitrogens with two attached hydrogens (primary N) is 1. The first-order valence-electron chi connectivity index (χ1n) is 2.49. The minimum Gasteiger partial charge on any atom is -0.398 e. The van der Waals surface area contributed by atoms with Gasteiger partial charge in [-0.3, -0.25) is 0 Å². The lowest BCUT2D eigenvalue weighted by Gasteiger charge is -1.94. The monoisotopic (exact) mass is 129 g/mol. The van der Waals surface area contributed by atoms with Crippen LogP contribution in [0.5, 0.6) is 0 Å². The van der Waals surface area contributed by atoms with Gasteiger partial charge in [-0.25, -0.2) is 0 Å². The van der Waals surface area contributed by atoms with Gasteiger partial charge < -0.3 is 5.73 Å². The summed E-state index contributed by atoms with van der Waals surface area (Å²) in [5.74, 6) is 0. The van der Waals surface area contributed by atoms with Crippen LogP contribution in [0, 0.1) is 0 Å². The number of thiol groups is 1. The quantitative estimate of drug-likeness (QED) is 0.409. The van der Waals surface area contributed by atoms with Gasteiger partial charge in [0.05, 0.1) is 0 Å². The molecule has 0 aliphatic carbocycles. The Hall–Kier alpha value is -0.370. The van der Waals surface area contributed by atoms with Crippen molar-refractivity contribution in [3.8, 4) is 0 Å². The highest BCUT2D eigenvalue weighted by Gasteiger charge is 1.86. The predicted octanol–water partition coefficient (Wildman–Crippen LogP) is 1.68. The maximum Gasteiger partial charge on any atom is 0.0402 e. The Morgan fingerprint density at radius 1 is 1.38 bits per heavy atom. The zero-order chi connectivity index (χ0) is 6.57. The second-order valence-electron chi connectivity index (χ2n) is 1.42. The molecule has 46 valence electrons. The zero-order valence-corrected chi connectivity index (χ0v) is 6.07. The third kappa shape index (κ3) is 2.07. The fourth-order valence-corrected chi connectivity index (χ4v) is 0.444. The summed E-state index contributed by atoms with van der Waals surface area (Å²) in [7, 11) is 0. The van der Waals surface area contributed by atoms with E-state index in [0.717, 1.165) is 10.6 Å². The molecule has 0 radical (unpaired) electrons. The standard InChI is InChI=1S/C6H11NS/c1-3-5(7)6(8)4-2/h3-4,8H,7H2,1-2H3/b5-3+,6-4+. The van der Waals surface area contributed by atoms with E-state index in [0.29, 0.717) is 0 Å². The van der Waals surface area contributed by atoms with Crippen LogP contribution in [-0.2, 0) is 0 Å². The van der Waals surface area contributed by atoms with Gasteiger partial charge in [-0.1, -0.05) is 12.2 Å². The Bertz CT molecular complexity index is 108. The van der Waals surface area contributed by atoms with Crippen LogP contribution in [0.25, 0.3) is 0 Å². The summed E-state index contributed by atoms with van der Waals surface area (Å²) < 4.78 is 0. The average Bonchev–Trinajstić information content (AvgIpc) is 1.84. The molecule has 0 rings (SSSR count). The van der Waals surface area contributed by atoms with E-state index in [1.54, 1.807) is 0 Å². The molecule has 0 aromatic heterocycles. The van der Waals surface area contributed by atoms with Crippen molar-refractivity contribution in [3.63, 3.8) is 0 Å². The van der Waals surface area contributed by atoms with Crippen LogP contribution in [0.1, 0.15) is 13.8 Å². The summed E-state index contributed by atoms with van der Waals surface area (Å²) in [4.78, 5) is 0.840. The van der Waals surface area contributed by atoms with Crippen LogP contribution in [0.3, 0.4) is 0 Å². The largest absolute Gasteiger partial charge is 0.398 e. The predicted molar refractivity (Wildman–Crippen MR) is 40.7 cm³/mol. The van der Waals surface area contributed by atoms with E-state index in [2.05, 4.69) is 12.6 Å². The maximum absolute atomic E-state index is 5.44. The van der Waals surface area contributed by atoms with Gasteiger partial charge in [-0.05, 0) is 13.8 Å². The van der Waals surface area contributed by atoms with Crippen LogP contribution < -0.4 is 5.73 Å². The lowest BCUT2D eigenvalue weighted by atomic mass is 10.4. The smallest absolute Gasteiger partial charge is 0.0402 e. The summed E-state index contributed by atoms with van der Waals surface area (Å²) in [5, 5.41) is 0. The molecule has 0 saturated carbocycles. The van der Waals surface area contributed by atoms with Crippen LogP contribution in [0.2, 0.25) is 0 Å². The zero-order valence-electron chi connectivity index (χ0n) is 5.18. The van der Waals surface area contributed by atoms with Gasteiger partial charge in [0.1, 0.15) is 0 Å². The first kappa shape index (κ1) is 7.63. The van der Waals surface area contributed by atoms with E-state index in [1.807, 2.05) is 26.0 Å². The Labute approximate surface area is 55.7 Å². The van der Waals surface area contributed by atoms with Gasteiger partial charge in [0.15, 0.2) is 0 Å². The van der Waals surface area contributed by atoms with Crippen LogP contribution in [-0.4, -0.2) is 0 Å². The Kier molecular flexibility index (Phi) is 3.44. The van der Waals surface area contributed by atoms with Gasteiger partial charge in [-0.15, -0.1) is 12.6 Å². The van der Waals surface area contributed by atoms with Gasteiger partial charge in [0.25, 0.3) is 0 Å². The van der Waals surface area contributed by atoms with E-state index in [9.17, 15) is 0 Å². The first-order chi connectivity index (χ1) is 3.72. The third-order valence-corrected chi connectivity index (χ3v) is 1.40. The van der Waals surface area contributed by atoms with Crippen LogP contribution in [0.15, 0.2) is 22.8 Å². The van der Waals surface area contributed by atoms with Crippen molar-refractivity contribution in [3.05, 3.63) is 22.8 Å². The molecule has 0 aliphatic rings. The lowest BCUT2D eigenvalue weighted by molar-refractivity contribution is 1.37. The molecule has 1 nitrogen and oxygen atoms in total. The van der Waals surface area contributed by atoms with Crippen molar-refractivity contribution in [2.75, 3.05) is 0 Å². The molecule has 0 bridgehead atoms. The molecular weight excluding hydrogens is 118 g/mol. The minimum absolute atomic E-state index is 0.732. The molecule has 0 unspecified atom stereocenters. The number of hydrogen-bond donors (Lipinski definition) is 2. The molecule has 0 aromatic rings. The molecule has 2 heteroatoms. The molecule has 0 heterocycles. The van der Waals surface area contributed by atoms with Crippen molar-refractivity contribution in [1.82, 2.24) is 0 Å². The van der Waals surface area contributed by atoms with Crippen molar-refractivity contribution >= 4 is 12.6 Å². The van der Waals surface area contributed by atoms with Gasteiger partial charge >= 0.3 is 0 Å². The lowest BCUT2D eigenvalue weighted by Crippen LogP contribution is -1.94. The molecule has 0 fully saturated rings. The van der Waals surface area contributed by atoms with Crippen molar-refractivity contribution < 1.29 is 0 Å². The number of rotatable bonds is 1. The second kappa shape index (κ2) is 3.61. The normalized spacial score (nSPS) is 14.4. The highest BCUT2D eigenvalue weighted by Crippen LogP contribution is 2.06. The van der Waals surface area contributed by atoms with Crippen LogP contribution in [0.4, 0.5) is 0 Å². The molecule has 0 atom stereocenters. The fourth-order valence-electron chi connectivity index (χ4n) is 0.315. The summed E-state index contributed by atoms with van der Waals surface area (Å²) in [5.41, 5.74) is 6.18. The van der Waals surface area contributed by atoms with Crippen molar-refractivity contribution in [2.24, 2.45) is 5.73 Å². The average molecular weight is 129 g/mol. The van der Waals surface area contributed by atoms with E-state index in [4.69, 9.17) is 5.73 Å². The van der Waals surface area contributed by atoms with E-state index in [1.165, 1.54) is 0 Å². The van der Waals surface area contributed by atoms with Gasteiger partial charge in [0.2, 0.25) is 0 Å². The summed E-state index contributed by atoms with van der Waals surface area (Å²) in [6.07, 6.45) is 3.68. The number of allylic oxidation sites excluding steroid dienone is 2. The summed E-state index contributed by atoms with van der Waals surface area (Å²) >= 11 is 4.07. The van der Waals surface area contributed by atoms with Gasteiger partial charge in [0, 0.05) is 10.6 Å². The minimum atomic E-state index is 0.732. The number of hydrogen-bond acceptors (Lipinski definition) is 2. The topological polar surface area (TPSA) is 26.0 Å². The van der Waals surface area contributed by atoms with Crippen LogP contribution >= 0.6 is 12.6 Å². The maximum atomic E-state index is 5.44. The third-order valence-electron chi connectivity index (χ3n) is 0.880. The summed E-state index contributed by atoms with van der Waals surface area (Å²) in [6, 6.07) is 0. The highest BCUT2D eigenvalue weighted by atomic mass is 32.1.